The molecule has 3 nitrogen and oxygen atoms in total. The molecule has 4 rings (SSSR count). The molecule has 1 unspecified atom stereocenters. The van der Waals surface area contributed by atoms with Crippen LogP contribution in [-0.4, -0.2) is 21.2 Å². The van der Waals surface area contributed by atoms with Gasteiger partial charge < -0.3 is 10.2 Å². The van der Waals surface area contributed by atoms with E-state index in [0.717, 1.165) is 30.6 Å². The summed E-state index contributed by atoms with van der Waals surface area (Å²) in [6.45, 7) is 1.58. The minimum atomic E-state index is -0.0494. The van der Waals surface area contributed by atoms with E-state index in [2.05, 4.69) is 53.5 Å². The summed E-state index contributed by atoms with van der Waals surface area (Å²) in [6.07, 6.45) is 5.21. The quantitative estimate of drug-likeness (QED) is 0.663. The molecule has 1 atom stereocenters. The van der Waals surface area contributed by atoms with E-state index in [1.165, 1.54) is 11.1 Å². The summed E-state index contributed by atoms with van der Waals surface area (Å²) in [5.74, 6) is -0.0947. The van der Waals surface area contributed by atoms with Gasteiger partial charge in [0.05, 0.1) is 0 Å². The van der Waals surface area contributed by atoms with Crippen LogP contribution in [0.25, 0.3) is 6.08 Å². The molecule has 2 N–H and O–H groups in total. The fourth-order valence-corrected chi connectivity index (χ4v) is 3.66. The Morgan fingerprint density at radius 3 is 2.19 bits per heavy atom. The third-order valence-electron chi connectivity index (χ3n) is 5.11. The number of aromatic hydroxyl groups is 2. The number of phenols is 2. The van der Waals surface area contributed by atoms with Crippen LogP contribution in [0, 0.1) is 0 Å². The van der Waals surface area contributed by atoms with Crippen molar-refractivity contribution >= 4 is 6.08 Å². The van der Waals surface area contributed by atoms with Gasteiger partial charge in [0.15, 0.2) is 11.5 Å². The molecule has 0 amide bonds. The minimum absolute atomic E-state index is 0.0453. The normalized spacial score (nSPS) is 17.1. The maximum atomic E-state index is 9.89. The fourth-order valence-electron chi connectivity index (χ4n) is 3.66. The van der Waals surface area contributed by atoms with Crippen molar-refractivity contribution in [3.05, 3.63) is 101 Å². The van der Waals surface area contributed by atoms with Crippen LogP contribution in [0.5, 0.6) is 11.5 Å². The summed E-state index contributed by atoms with van der Waals surface area (Å²) in [6, 6.07) is 24.3. The van der Waals surface area contributed by atoms with E-state index in [1.54, 1.807) is 12.1 Å². The summed E-state index contributed by atoms with van der Waals surface area (Å²) in [7, 11) is 0. The molecule has 0 radical (unpaired) electrons. The van der Waals surface area contributed by atoms with Gasteiger partial charge in [0.2, 0.25) is 0 Å². The second-order valence-electron chi connectivity index (χ2n) is 7.04. The van der Waals surface area contributed by atoms with E-state index < -0.39 is 0 Å². The minimum Gasteiger partial charge on any atom is -0.504 e. The summed E-state index contributed by atoms with van der Waals surface area (Å²) in [4.78, 5) is 2.41. The highest BCUT2D eigenvalue weighted by atomic mass is 16.3. The SMILES string of the molecule is Oc1cc2c(cc1O)CN(Cc1ccccc1)C(/C=C/c1ccccc1)C2. The molecule has 27 heavy (non-hydrogen) atoms. The number of nitrogens with zero attached hydrogens (tertiary/aromatic N) is 1. The zero-order valence-electron chi connectivity index (χ0n) is 15.1. The molecule has 0 aliphatic carbocycles. The number of benzene rings is 3. The van der Waals surface area contributed by atoms with Crippen molar-refractivity contribution in [1.82, 2.24) is 4.90 Å². The van der Waals surface area contributed by atoms with E-state index in [0.29, 0.717) is 0 Å². The Kier molecular flexibility index (Phi) is 4.95. The molecule has 0 saturated carbocycles. The molecule has 0 aromatic heterocycles. The third kappa shape index (κ3) is 4.04. The van der Waals surface area contributed by atoms with Crippen LogP contribution in [-0.2, 0) is 19.5 Å². The first-order valence-corrected chi connectivity index (χ1v) is 9.24. The molecule has 0 saturated heterocycles. The lowest BCUT2D eigenvalue weighted by atomic mass is 9.92. The van der Waals surface area contributed by atoms with Crippen LogP contribution in [0.3, 0.4) is 0 Å². The van der Waals surface area contributed by atoms with E-state index in [1.807, 2.05) is 24.3 Å². The smallest absolute Gasteiger partial charge is 0.157 e. The van der Waals surface area contributed by atoms with Gasteiger partial charge in [-0.2, -0.15) is 0 Å². The summed E-state index contributed by atoms with van der Waals surface area (Å²) >= 11 is 0. The average Bonchev–Trinajstić information content (AvgIpc) is 2.69. The van der Waals surface area contributed by atoms with Crippen molar-refractivity contribution in [2.45, 2.75) is 25.6 Å². The third-order valence-corrected chi connectivity index (χ3v) is 5.11. The van der Waals surface area contributed by atoms with Crippen molar-refractivity contribution in [2.75, 3.05) is 0 Å². The summed E-state index contributed by atoms with van der Waals surface area (Å²) < 4.78 is 0. The molecule has 3 aromatic carbocycles. The lowest BCUT2D eigenvalue weighted by Gasteiger charge is -2.35. The first kappa shape index (κ1) is 17.4. The van der Waals surface area contributed by atoms with Gasteiger partial charge >= 0.3 is 0 Å². The Hall–Kier alpha value is -3.04. The highest BCUT2D eigenvalue weighted by Crippen LogP contribution is 2.34. The Morgan fingerprint density at radius 1 is 0.852 bits per heavy atom. The van der Waals surface area contributed by atoms with Gasteiger partial charge in [0, 0.05) is 19.1 Å². The fraction of sp³-hybridized carbons (Fsp3) is 0.167. The van der Waals surface area contributed by atoms with Crippen molar-refractivity contribution in [2.24, 2.45) is 0 Å². The standard InChI is InChI=1S/C24H23NO2/c26-23-14-20-13-22(12-11-18-7-3-1-4-8-18)25(17-21(20)15-24(23)27)16-19-9-5-2-6-10-19/h1-12,14-15,22,26-27H,13,16-17H2/b12-11+. The molecule has 0 spiro atoms. The number of hydrogen-bond donors (Lipinski definition) is 2. The molecule has 3 aromatic rings. The average molecular weight is 357 g/mol. The maximum absolute atomic E-state index is 9.89. The number of phenolic OH excluding ortho intramolecular Hbond substituents is 2. The van der Waals surface area contributed by atoms with Crippen LogP contribution in [0.2, 0.25) is 0 Å². The van der Waals surface area contributed by atoms with Gasteiger partial charge in [0.1, 0.15) is 0 Å². The van der Waals surface area contributed by atoms with Gasteiger partial charge in [-0.25, -0.2) is 0 Å². The lowest BCUT2D eigenvalue weighted by Crippen LogP contribution is -2.38. The predicted octanol–water partition coefficient (Wildman–Crippen LogP) is 4.74. The molecule has 1 heterocycles. The van der Waals surface area contributed by atoms with Gasteiger partial charge in [-0.05, 0) is 40.8 Å². The first-order chi connectivity index (χ1) is 13.2. The Balaban J connectivity index is 1.64. The Morgan fingerprint density at radius 2 is 1.48 bits per heavy atom. The molecule has 0 fully saturated rings. The number of fused-ring (bicyclic) bond motifs is 1. The lowest BCUT2D eigenvalue weighted by molar-refractivity contribution is 0.195. The Labute approximate surface area is 159 Å². The van der Waals surface area contributed by atoms with E-state index in [-0.39, 0.29) is 17.5 Å². The monoisotopic (exact) mass is 357 g/mol. The van der Waals surface area contributed by atoms with Gasteiger partial charge in [-0.15, -0.1) is 0 Å². The van der Waals surface area contributed by atoms with Gasteiger partial charge in [0.25, 0.3) is 0 Å². The molecule has 0 bridgehead atoms. The Bertz CT molecular complexity index is 935. The zero-order chi connectivity index (χ0) is 18.6. The second kappa shape index (κ2) is 7.68. The van der Waals surface area contributed by atoms with Crippen molar-refractivity contribution in [3.63, 3.8) is 0 Å². The van der Waals surface area contributed by atoms with Gasteiger partial charge in [-0.1, -0.05) is 72.8 Å². The highest BCUT2D eigenvalue weighted by Gasteiger charge is 2.25. The number of hydrogen-bond acceptors (Lipinski definition) is 3. The molecule has 1 aliphatic rings. The van der Waals surface area contributed by atoms with Crippen molar-refractivity contribution < 1.29 is 10.2 Å². The van der Waals surface area contributed by atoms with E-state index >= 15 is 0 Å². The molecule has 1 aliphatic heterocycles. The van der Waals surface area contributed by atoms with Crippen LogP contribution >= 0.6 is 0 Å². The van der Waals surface area contributed by atoms with Crippen LogP contribution in [0.15, 0.2) is 78.9 Å². The van der Waals surface area contributed by atoms with Crippen LogP contribution in [0.4, 0.5) is 0 Å². The van der Waals surface area contributed by atoms with Crippen LogP contribution in [0.1, 0.15) is 22.3 Å². The predicted molar refractivity (Wildman–Crippen MR) is 108 cm³/mol. The first-order valence-electron chi connectivity index (χ1n) is 9.24. The second-order valence-corrected chi connectivity index (χ2v) is 7.04. The highest BCUT2D eigenvalue weighted by molar-refractivity contribution is 5.51. The molecular weight excluding hydrogens is 334 g/mol. The molecule has 3 heteroatoms. The topological polar surface area (TPSA) is 43.7 Å². The van der Waals surface area contributed by atoms with Crippen molar-refractivity contribution in [1.29, 1.82) is 0 Å². The summed E-state index contributed by atoms with van der Waals surface area (Å²) in [5.41, 5.74) is 4.61. The summed E-state index contributed by atoms with van der Waals surface area (Å²) in [5, 5.41) is 19.8. The van der Waals surface area contributed by atoms with Crippen LogP contribution < -0.4 is 0 Å². The maximum Gasteiger partial charge on any atom is 0.157 e. The molecular formula is C24H23NO2. The largest absolute Gasteiger partial charge is 0.504 e. The number of rotatable bonds is 4. The van der Waals surface area contributed by atoms with E-state index in [4.69, 9.17) is 0 Å². The van der Waals surface area contributed by atoms with E-state index in [9.17, 15) is 10.2 Å². The van der Waals surface area contributed by atoms with Gasteiger partial charge in [-0.3, -0.25) is 4.90 Å². The van der Waals surface area contributed by atoms with Crippen molar-refractivity contribution in [3.8, 4) is 11.5 Å². The molecule has 136 valence electrons. The zero-order valence-corrected chi connectivity index (χ0v) is 15.1.